The van der Waals surface area contributed by atoms with Gasteiger partial charge in [-0.3, -0.25) is 4.79 Å². The van der Waals surface area contributed by atoms with Crippen LogP contribution >= 0.6 is 12.2 Å². The Kier molecular flexibility index (Phi) is 6.01. The fourth-order valence-corrected chi connectivity index (χ4v) is 1.87. The lowest BCUT2D eigenvalue weighted by molar-refractivity contribution is -0.115. The standard InChI is InChI=1S/C14H17F2NO2S/c1-4-13(18)17-12-5-9(10(15)7-11(12)16)6-14(20)19-8(2)3/h5,7-8H,4,6H2,1-3H3,(H,17,18). The molecule has 20 heavy (non-hydrogen) atoms. The highest BCUT2D eigenvalue weighted by Crippen LogP contribution is 2.21. The molecule has 1 amide bonds. The fraction of sp³-hybridized carbons (Fsp3) is 0.429. The molecule has 0 saturated heterocycles. The molecule has 0 radical (unpaired) electrons. The number of anilines is 1. The molecular formula is C14H17F2NO2S. The number of hydrogen-bond acceptors (Lipinski definition) is 3. The van der Waals surface area contributed by atoms with Gasteiger partial charge in [-0.25, -0.2) is 8.78 Å². The number of amides is 1. The van der Waals surface area contributed by atoms with Crippen LogP contribution in [0.15, 0.2) is 12.1 Å². The molecule has 1 aromatic rings. The zero-order chi connectivity index (χ0) is 15.3. The molecular weight excluding hydrogens is 284 g/mol. The van der Waals surface area contributed by atoms with Crippen molar-refractivity contribution in [2.75, 3.05) is 5.32 Å². The molecule has 0 saturated carbocycles. The van der Waals surface area contributed by atoms with E-state index < -0.39 is 11.6 Å². The average molecular weight is 301 g/mol. The molecule has 1 rings (SSSR count). The van der Waals surface area contributed by atoms with Crippen LogP contribution in [0.3, 0.4) is 0 Å². The maximum Gasteiger partial charge on any atom is 0.224 e. The monoisotopic (exact) mass is 301 g/mol. The van der Waals surface area contributed by atoms with E-state index in [4.69, 9.17) is 17.0 Å². The lowest BCUT2D eigenvalue weighted by atomic mass is 10.1. The van der Waals surface area contributed by atoms with E-state index in [9.17, 15) is 13.6 Å². The highest BCUT2D eigenvalue weighted by atomic mass is 32.1. The van der Waals surface area contributed by atoms with Crippen molar-refractivity contribution in [1.82, 2.24) is 0 Å². The second-order valence-electron chi connectivity index (χ2n) is 4.54. The summed E-state index contributed by atoms with van der Waals surface area (Å²) in [6, 6.07) is 1.98. The number of carbonyl (C=O) groups excluding carboxylic acids is 1. The molecule has 110 valence electrons. The summed E-state index contributed by atoms with van der Waals surface area (Å²) in [5.41, 5.74) is 0.129. The molecule has 0 atom stereocenters. The predicted octanol–water partition coefficient (Wildman–Crippen LogP) is 3.61. The van der Waals surface area contributed by atoms with Crippen molar-refractivity contribution in [2.24, 2.45) is 0 Å². The van der Waals surface area contributed by atoms with Gasteiger partial charge >= 0.3 is 0 Å². The summed E-state index contributed by atoms with van der Waals surface area (Å²) < 4.78 is 32.5. The van der Waals surface area contributed by atoms with Crippen LogP contribution in [-0.4, -0.2) is 17.1 Å². The number of hydrogen-bond donors (Lipinski definition) is 1. The largest absolute Gasteiger partial charge is 0.484 e. The zero-order valence-electron chi connectivity index (χ0n) is 11.6. The van der Waals surface area contributed by atoms with Gasteiger partial charge in [-0.1, -0.05) is 6.92 Å². The molecule has 0 aliphatic rings. The Morgan fingerprint density at radius 3 is 2.55 bits per heavy atom. The topological polar surface area (TPSA) is 38.3 Å². The Balaban J connectivity index is 2.93. The summed E-state index contributed by atoms with van der Waals surface area (Å²) in [6.07, 6.45) is 0.153. The van der Waals surface area contributed by atoms with E-state index in [1.165, 1.54) is 6.07 Å². The summed E-state index contributed by atoms with van der Waals surface area (Å²) in [5, 5.41) is 2.60. The van der Waals surface area contributed by atoms with Gasteiger partial charge in [0.05, 0.1) is 11.8 Å². The smallest absolute Gasteiger partial charge is 0.224 e. The Morgan fingerprint density at radius 2 is 2.00 bits per heavy atom. The maximum absolute atomic E-state index is 13.7. The Labute approximate surface area is 122 Å². The summed E-state index contributed by atoms with van der Waals surface area (Å²) in [5.74, 6) is -1.88. The van der Waals surface area contributed by atoms with Crippen LogP contribution in [0.4, 0.5) is 14.5 Å². The second kappa shape index (κ2) is 7.28. The highest BCUT2D eigenvalue weighted by molar-refractivity contribution is 7.80. The van der Waals surface area contributed by atoms with Crippen LogP contribution in [0.25, 0.3) is 0 Å². The number of thiocarbonyl (C=S) groups is 1. The summed E-state index contributed by atoms with van der Waals surface area (Å²) in [6.45, 7) is 5.25. The number of benzene rings is 1. The molecule has 1 aromatic carbocycles. The van der Waals surface area contributed by atoms with Crippen molar-refractivity contribution in [3.8, 4) is 0 Å². The maximum atomic E-state index is 13.7. The van der Waals surface area contributed by atoms with Crippen molar-refractivity contribution in [3.05, 3.63) is 29.3 Å². The van der Waals surface area contributed by atoms with Crippen molar-refractivity contribution in [2.45, 2.75) is 39.7 Å². The first-order valence-corrected chi connectivity index (χ1v) is 6.71. The fourth-order valence-electron chi connectivity index (χ4n) is 1.52. The number of ether oxygens (including phenoxy) is 1. The third kappa shape index (κ3) is 4.85. The van der Waals surface area contributed by atoms with E-state index in [0.29, 0.717) is 0 Å². The van der Waals surface area contributed by atoms with Crippen LogP contribution in [0.2, 0.25) is 0 Å². The minimum Gasteiger partial charge on any atom is -0.484 e. The third-order valence-corrected chi connectivity index (χ3v) is 2.67. The first-order valence-electron chi connectivity index (χ1n) is 6.30. The van der Waals surface area contributed by atoms with Gasteiger partial charge in [-0.15, -0.1) is 0 Å². The molecule has 0 aliphatic carbocycles. The minimum atomic E-state index is -0.816. The van der Waals surface area contributed by atoms with E-state index in [0.717, 1.165) is 6.07 Å². The summed E-state index contributed by atoms with van der Waals surface area (Å²) >= 11 is 4.99. The Hall–Kier alpha value is -1.56. The summed E-state index contributed by atoms with van der Waals surface area (Å²) in [7, 11) is 0. The van der Waals surface area contributed by atoms with Crippen LogP contribution in [0.1, 0.15) is 32.8 Å². The quantitative estimate of drug-likeness (QED) is 0.844. The van der Waals surface area contributed by atoms with Crippen molar-refractivity contribution >= 4 is 28.9 Å². The molecule has 0 aromatic heterocycles. The SMILES string of the molecule is CCC(=O)Nc1cc(CC(=S)OC(C)C)c(F)cc1F. The van der Waals surface area contributed by atoms with Gasteiger partial charge in [0.25, 0.3) is 0 Å². The van der Waals surface area contributed by atoms with Crippen LogP contribution in [-0.2, 0) is 16.0 Å². The molecule has 6 heteroatoms. The molecule has 0 spiro atoms. The normalized spacial score (nSPS) is 10.5. The first-order chi connectivity index (χ1) is 9.33. The van der Waals surface area contributed by atoms with Gasteiger partial charge in [0, 0.05) is 18.9 Å². The Morgan fingerprint density at radius 1 is 1.35 bits per heavy atom. The highest BCUT2D eigenvalue weighted by Gasteiger charge is 2.14. The summed E-state index contributed by atoms with van der Waals surface area (Å²) in [4.78, 5) is 11.3. The molecule has 3 nitrogen and oxygen atoms in total. The number of halogens is 2. The number of rotatable bonds is 5. The average Bonchev–Trinajstić information content (AvgIpc) is 2.33. The van der Waals surface area contributed by atoms with Crippen LogP contribution in [0, 0.1) is 11.6 Å². The molecule has 0 heterocycles. The van der Waals surface area contributed by atoms with Crippen molar-refractivity contribution in [1.29, 1.82) is 0 Å². The van der Waals surface area contributed by atoms with E-state index in [1.54, 1.807) is 20.8 Å². The zero-order valence-corrected chi connectivity index (χ0v) is 12.4. The van der Waals surface area contributed by atoms with Crippen LogP contribution in [0.5, 0.6) is 0 Å². The van der Waals surface area contributed by atoms with Crippen molar-refractivity contribution < 1.29 is 18.3 Å². The lowest BCUT2D eigenvalue weighted by Crippen LogP contribution is -2.14. The van der Waals surface area contributed by atoms with Gasteiger partial charge in [-0.05, 0) is 37.7 Å². The molecule has 0 unspecified atom stereocenters. The lowest BCUT2D eigenvalue weighted by Gasteiger charge is -2.13. The molecule has 1 N–H and O–H groups in total. The number of carbonyl (C=O) groups is 1. The minimum absolute atomic E-state index is 0.0502. The van der Waals surface area contributed by atoms with Gasteiger partial charge in [0.2, 0.25) is 5.91 Å². The van der Waals surface area contributed by atoms with Gasteiger partial charge < -0.3 is 10.1 Å². The van der Waals surface area contributed by atoms with Gasteiger partial charge in [0.15, 0.2) is 5.05 Å². The van der Waals surface area contributed by atoms with E-state index in [-0.39, 0.29) is 41.2 Å². The molecule has 0 fully saturated rings. The van der Waals surface area contributed by atoms with Gasteiger partial charge in [0.1, 0.15) is 11.6 Å². The predicted molar refractivity (Wildman–Crippen MR) is 77.8 cm³/mol. The van der Waals surface area contributed by atoms with E-state index in [2.05, 4.69) is 5.32 Å². The van der Waals surface area contributed by atoms with E-state index in [1.807, 2.05) is 0 Å². The van der Waals surface area contributed by atoms with E-state index >= 15 is 0 Å². The molecule has 0 bridgehead atoms. The number of nitrogens with one attached hydrogen (secondary N) is 1. The third-order valence-electron chi connectivity index (χ3n) is 2.43. The van der Waals surface area contributed by atoms with Crippen molar-refractivity contribution in [3.63, 3.8) is 0 Å². The molecule has 0 aliphatic heterocycles. The van der Waals surface area contributed by atoms with Crippen LogP contribution < -0.4 is 5.32 Å². The van der Waals surface area contributed by atoms with Gasteiger partial charge in [-0.2, -0.15) is 0 Å². The Bertz CT molecular complexity index is 518. The first kappa shape index (κ1) is 16.5. The second-order valence-corrected chi connectivity index (χ2v) is 5.00.